The number of carboxylic acids is 1. The Hall–Kier alpha value is -2.08. The van der Waals surface area contributed by atoms with Gasteiger partial charge in [-0.1, -0.05) is 5.16 Å². The van der Waals surface area contributed by atoms with Crippen LogP contribution < -0.4 is 5.32 Å². The lowest BCUT2D eigenvalue weighted by atomic mass is 10.3. The highest BCUT2D eigenvalue weighted by Crippen LogP contribution is 2.20. The van der Waals surface area contributed by atoms with Crippen molar-refractivity contribution in [1.29, 1.82) is 0 Å². The van der Waals surface area contributed by atoms with Crippen LogP contribution in [0.3, 0.4) is 0 Å². The maximum atomic E-state index is 10.6. The second kappa shape index (κ2) is 4.84. The van der Waals surface area contributed by atoms with Gasteiger partial charge in [-0.05, 0) is 19.1 Å². The van der Waals surface area contributed by atoms with E-state index in [0.717, 1.165) is 0 Å². The van der Waals surface area contributed by atoms with E-state index in [4.69, 9.17) is 14.0 Å². The topological polar surface area (TPSA) is 88.5 Å². The van der Waals surface area contributed by atoms with Gasteiger partial charge in [0, 0.05) is 12.6 Å². The van der Waals surface area contributed by atoms with Crippen LogP contribution in [0.5, 0.6) is 0 Å². The number of nitrogens with zero attached hydrogens (tertiary/aromatic N) is 1. The summed E-state index contributed by atoms with van der Waals surface area (Å²) in [5.41, 5.74) is 0.629. The second-order valence-electron chi connectivity index (χ2n) is 3.60. The van der Waals surface area contributed by atoms with E-state index in [2.05, 4.69) is 10.5 Å². The van der Waals surface area contributed by atoms with Crippen LogP contribution in [0.2, 0.25) is 0 Å². The Morgan fingerprint density at radius 1 is 1.59 bits per heavy atom. The average molecular weight is 236 g/mol. The van der Waals surface area contributed by atoms with Gasteiger partial charge in [0.25, 0.3) is 0 Å². The zero-order chi connectivity index (χ0) is 12.3. The maximum Gasteiger partial charge on any atom is 0.320 e. The molecule has 0 fully saturated rings. The molecule has 0 aliphatic carbocycles. The molecular formula is C11H12N2O4. The molecule has 2 heterocycles. The van der Waals surface area contributed by atoms with E-state index in [1.54, 1.807) is 31.4 Å². The van der Waals surface area contributed by atoms with E-state index >= 15 is 0 Å². The molecule has 6 heteroatoms. The standard InChI is InChI=1S/C11H12N2O4/c1-7(11(14)15)12-6-8-5-10(17-13-8)9-3-2-4-16-9/h2-5,7,12H,6H2,1H3,(H,14,15)/t7-/m1/s1. The third kappa shape index (κ3) is 2.73. The first-order valence-corrected chi connectivity index (χ1v) is 5.12. The third-order valence-corrected chi connectivity index (χ3v) is 2.28. The fraction of sp³-hybridized carbons (Fsp3) is 0.273. The maximum absolute atomic E-state index is 10.6. The van der Waals surface area contributed by atoms with E-state index in [9.17, 15) is 4.79 Å². The Labute approximate surface area is 97.2 Å². The zero-order valence-electron chi connectivity index (χ0n) is 9.21. The summed E-state index contributed by atoms with van der Waals surface area (Å²) in [6.07, 6.45) is 1.54. The van der Waals surface area contributed by atoms with Crippen molar-refractivity contribution in [2.24, 2.45) is 0 Å². The molecule has 2 aromatic rings. The van der Waals surface area contributed by atoms with E-state index in [0.29, 0.717) is 23.8 Å². The van der Waals surface area contributed by atoms with E-state index in [1.807, 2.05) is 0 Å². The lowest BCUT2D eigenvalue weighted by Gasteiger charge is -2.05. The van der Waals surface area contributed by atoms with Gasteiger partial charge in [-0.2, -0.15) is 0 Å². The van der Waals surface area contributed by atoms with Crippen molar-refractivity contribution in [1.82, 2.24) is 10.5 Å². The molecule has 1 atom stereocenters. The number of hydrogen-bond acceptors (Lipinski definition) is 5. The predicted octanol–water partition coefficient (Wildman–Crippen LogP) is 1.50. The minimum absolute atomic E-state index is 0.331. The Morgan fingerprint density at radius 2 is 2.41 bits per heavy atom. The number of aromatic nitrogens is 1. The highest BCUT2D eigenvalue weighted by atomic mass is 16.5. The lowest BCUT2D eigenvalue weighted by molar-refractivity contribution is -0.139. The molecule has 6 nitrogen and oxygen atoms in total. The van der Waals surface area contributed by atoms with Gasteiger partial charge in [-0.25, -0.2) is 0 Å². The van der Waals surface area contributed by atoms with Gasteiger partial charge in [-0.15, -0.1) is 0 Å². The van der Waals surface area contributed by atoms with E-state index < -0.39 is 12.0 Å². The summed E-state index contributed by atoms with van der Waals surface area (Å²) in [5.74, 6) is 0.213. The number of aliphatic carboxylic acids is 1. The quantitative estimate of drug-likeness (QED) is 0.817. The van der Waals surface area contributed by atoms with Gasteiger partial charge in [0.2, 0.25) is 5.76 Å². The molecule has 0 unspecified atom stereocenters. The third-order valence-electron chi connectivity index (χ3n) is 2.28. The fourth-order valence-corrected chi connectivity index (χ4v) is 1.27. The minimum atomic E-state index is -0.903. The van der Waals surface area contributed by atoms with Gasteiger partial charge in [0.05, 0.1) is 12.0 Å². The Balaban J connectivity index is 1.97. The van der Waals surface area contributed by atoms with Gasteiger partial charge in [-0.3, -0.25) is 10.1 Å². The Kier molecular flexibility index (Phi) is 3.24. The molecule has 0 saturated heterocycles. The molecule has 2 rings (SSSR count). The second-order valence-corrected chi connectivity index (χ2v) is 3.60. The van der Waals surface area contributed by atoms with Crippen molar-refractivity contribution >= 4 is 5.97 Å². The van der Waals surface area contributed by atoms with Crippen molar-refractivity contribution in [3.8, 4) is 11.5 Å². The van der Waals surface area contributed by atoms with Crippen LogP contribution in [0.25, 0.3) is 11.5 Å². The first kappa shape index (κ1) is 11.4. The first-order chi connectivity index (χ1) is 8.16. The first-order valence-electron chi connectivity index (χ1n) is 5.12. The highest BCUT2D eigenvalue weighted by molar-refractivity contribution is 5.72. The number of nitrogens with one attached hydrogen (secondary N) is 1. The highest BCUT2D eigenvalue weighted by Gasteiger charge is 2.12. The van der Waals surface area contributed by atoms with Crippen LogP contribution in [-0.4, -0.2) is 22.3 Å². The van der Waals surface area contributed by atoms with Crippen molar-refractivity contribution in [2.75, 3.05) is 0 Å². The van der Waals surface area contributed by atoms with Gasteiger partial charge < -0.3 is 14.0 Å². The van der Waals surface area contributed by atoms with Crippen LogP contribution in [0.4, 0.5) is 0 Å². The summed E-state index contributed by atoms with van der Waals surface area (Å²) in [6.45, 7) is 1.90. The molecule has 0 amide bonds. The number of carbonyl (C=O) groups is 1. The molecule has 0 radical (unpaired) electrons. The van der Waals surface area contributed by atoms with Gasteiger partial charge >= 0.3 is 5.97 Å². The molecule has 17 heavy (non-hydrogen) atoms. The smallest absolute Gasteiger partial charge is 0.320 e. The van der Waals surface area contributed by atoms with Crippen molar-refractivity contribution in [3.63, 3.8) is 0 Å². The summed E-state index contributed by atoms with van der Waals surface area (Å²) in [7, 11) is 0. The molecule has 0 aromatic carbocycles. The van der Waals surface area contributed by atoms with Crippen molar-refractivity contribution < 1.29 is 18.8 Å². The summed E-state index contributed by atoms with van der Waals surface area (Å²) in [6, 6.07) is 4.60. The van der Waals surface area contributed by atoms with Gasteiger partial charge in [0.1, 0.15) is 6.04 Å². The molecule has 0 spiro atoms. The lowest BCUT2D eigenvalue weighted by Crippen LogP contribution is -2.33. The monoisotopic (exact) mass is 236 g/mol. The normalized spacial score (nSPS) is 12.5. The molecule has 0 bridgehead atoms. The molecule has 2 aromatic heterocycles. The number of hydrogen-bond donors (Lipinski definition) is 2. The number of rotatable bonds is 5. The van der Waals surface area contributed by atoms with Crippen LogP contribution >= 0.6 is 0 Å². The van der Waals surface area contributed by atoms with E-state index in [1.165, 1.54) is 0 Å². The fourth-order valence-electron chi connectivity index (χ4n) is 1.27. The van der Waals surface area contributed by atoms with Crippen LogP contribution in [0.15, 0.2) is 33.4 Å². The van der Waals surface area contributed by atoms with Crippen molar-refractivity contribution in [2.45, 2.75) is 19.5 Å². The summed E-state index contributed by atoms with van der Waals surface area (Å²) in [5, 5.41) is 15.3. The Bertz CT molecular complexity index is 489. The summed E-state index contributed by atoms with van der Waals surface area (Å²) >= 11 is 0. The molecule has 0 saturated carbocycles. The molecule has 0 aliphatic heterocycles. The molecule has 0 aliphatic rings. The van der Waals surface area contributed by atoms with Crippen LogP contribution in [0, 0.1) is 0 Å². The predicted molar refractivity (Wildman–Crippen MR) is 58.1 cm³/mol. The van der Waals surface area contributed by atoms with Crippen LogP contribution in [0.1, 0.15) is 12.6 Å². The summed E-state index contributed by atoms with van der Waals surface area (Å²) < 4.78 is 10.2. The zero-order valence-corrected chi connectivity index (χ0v) is 9.21. The largest absolute Gasteiger partial charge is 0.480 e. The summed E-state index contributed by atoms with van der Waals surface area (Å²) in [4.78, 5) is 10.6. The number of furan rings is 1. The molecule has 90 valence electrons. The number of carboxylic acid groups (broad SMARTS) is 1. The molecule has 2 N–H and O–H groups in total. The SMILES string of the molecule is C[C@@H](NCc1cc(-c2ccco2)on1)C(=O)O. The average Bonchev–Trinajstić information content (AvgIpc) is 2.95. The van der Waals surface area contributed by atoms with E-state index in [-0.39, 0.29) is 0 Å². The molecular weight excluding hydrogens is 224 g/mol. The minimum Gasteiger partial charge on any atom is -0.480 e. The van der Waals surface area contributed by atoms with Gasteiger partial charge in [0.15, 0.2) is 5.76 Å². The van der Waals surface area contributed by atoms with Crippen LogP contribution in [-0.2, 0) is 11.3 Å². The van der Waals surface area contributed by atoms with Crippen molar-refractivity contribution in [3.05, 3.63) is 30.2 Å². The Morgan fingerprint density at radius 3 is 3.06 bits per heavy atom.